The Hall–Kier alpha value is -1.43. The topological polar surface area (TPSA) is 40.6 Å². The molecule has 2 rings (SSSR count). The maximum Gasteiger partial charge on any atom is 0.242 e. The second kappa shape index (κ2) is 6.35. The number of halogens is 2. The average Bonchev–Trinajstić information content (AvgIpc) is 2.34. The van der Waals surface area contributed by atoms with Crippen LogP contribution in [-0.4, -0.2) is 41.2 Å². The summed E-state index contributed by atoms with van der Waals surface area (Å²) in [7, 11) is 0. The van der Waals surface area contributed by atoms with E-state index in [2.05, 4.69) is 15.9 Å². The SMILES string of the molecule is CCCN1CC(=O)N(Cc2cc(F)cc(Br)c2)CC1=O. The van der Waals surface area contributed by atoms with Gasteiger partial charge in [0, 0.05) is 17.6 Å². The smallest absolute Gasteiger partial charge is 0.242 e. The summed E-state index contributed by atoms with van der Waals surface area (Å²) in [4.78, 5) is 27.0. The number of benzene rings is 1. The predicted molar refractivity (Wildman–Crippen MR) is 76.4 cm³/mol. The first-order chi connectivity index (χ1) is 9.49. The van der Waals surface area contributed by atoms with Crippen LogP contribution in [0.25, 0.3) is 0 Å². The molecule has 1 saturated heterocycles. The molecule has 0 spiro atoms. The molecule has 1 aliphatic heterocycles. The van der Waals surface area contributed by atoms with Crippen LogP contribution in [0.2, 0.25) is 0 Å². The molecule has 0 saturated carbocycles. The van der Waals surface area contributed by atoms with Gasteiger partial charge >= 0.3 is 0 Å². The summed E-state index contributed by atoms with van der Waals surface area (Å²) in [6.45, 7) is 3.00. The van der Waals surface area contributed by atoms with Crippen LogP contribution in [0.3, 0.4) is 0 Å². The number of hydrogen-bond acceptors (Lipinski definition) is 2. The van der Waals surface area contributed by atoms with E-state index in [1.165, 1.54) is 17.0 Å². The zero-order valence-electron chi connectivity index (χ0n) is 11.2. The van der Waals surface area contributed by atoms with Crippen LogP contribution in [0, 0.1) is 5.82 Å². The van der Waals surface area contributed by atoms with E-state index in [1.807, 2.05) is 6.92 Å². The number of hydrogen-bond donors (Lipinski definition) is 0. The fourth-order valence-corrected chi connectivity index (χ4v) is 2.76. The molecular formula is C14H16BrFN2O2. The first-order valence-electron chi connectivity index (χ1n) is 6.50. The van der Waals surface area contributed by atoms with Crippen LogP contribution in [0.4, 0.5) is 4.39 Å². The van der Waals surface area contributed by atoms with Crippen LogP contribution in [0.15, 0.2) is 22.7 Å². The molecule has 1 aromatic rings. The van der Waals surface area contributed by atoms with Crippen LogP contribution < -0.4 is 0 Å². The summed E-state index contributed by atoms with van der Waals surface area (Å²) in [5.41, 5.74) is 0.668. The van der Waals surface area contributed by atoms with Crippen molar-refractivity contribution in [2.45, 2.75) is 19.9 Å². The van der Waals surface area contributed by atoms with E-state index in [4.69, 9.17) is 0 Å². The van der Waals surface area contributed by atoms with Gasteiger partial charge in [-0.15, -0.1) is 0 Å². The van der Waals surface area contributed by atoms with E-state index in [0.717, 1.165) is 6.42 Å². The normalized spacial score (nSPS) is 15.9. The van der Waals surface area contributed by atoms with Gasteiger partial charge in [0.25, 0.3) is 0 Å². The molecule has 1 heterocycles. The van der Waals surface area contributed by atoms with E-state index in [-0.39, 0.29) is 37.3 Å². The molecule has 0 unspecified atom stereocenters. The molecule has 0 bridgehead atoms. The van der Waals surface area contributed by atoms with Gasteiger partial charge in [-0.25, -0.2) is 4.39 Å². The Kier molecular flexibility index (Phi) is 4.75. The summed E-state index contributed by atoms with van der Waals surface area (Å²) in [5, 5.41) is 0. The number of piperazine rings is 1. The van der Waals surface area contributed by atoms with Crippen LogP contribution in [-0.2, 0) is 16.1 Å². The molecule has 0 aromatic heterocycles. The van der Waals surface area contributed by atoms with Crippen molar-refractivity contribution in [3.8, 4) is 0 Å². The Morgan fingerprint density at radius 2 is 1.80 bits per heavy atom. The van der Waals surface area contributed by atoms with Gasteiger partial charge in [-0.05, 0) is 30.2 Å². The molecule has 6 heteroatoms. The number of nitrogens with zero attached hydrogens (tertiary/aromatic N) is 2. The monoisotopic (exact) mass is 342 g/mol. The largest absolute Gasteiger partial charge is 0.332 e. The van der Waals surface area contributed by atoms with Crippen molar-refractivity contribution in [2.24, 2.45) is 0 Å². The molecule has 0 atom stereocenters. The Bertz CT molecular complexity index is 516. The van der Waals surface area contributed by atoms with E-state index < -0.39 is 0 Å². The highest BCUT2D eigenvalue weighted by atomic mass is 79.9. The lowest BCUT2D eigenvalue weighted by molar-refractivity contribution is -0.150. The molecule has 2 amide bonds. The van der Waals surface area contributed by atoms with Crippen molar-refractivity contribution in [3.05, 3.63) is 34.1 Å². The highest BCUT2D eigenvalue weighted by Gasteiger charge is 2.29. The highest BCUT2D eigenvalue weighted by molar-refractivity contribution is 9.10. The van der Waals surface area contributed by atoms with E-state index in [1.54, 1.807) is 11.0 Å². The van der Waals surface area contributed by atoms with Gasteiger partial charge in [-0.1, -0.05) is 22.9 Å². The average molecular weight is 343 g/mol. The quantitative estimate of drug-likeness (QED) is 0.841. The van der Waals surface area contributed by atoms with Gasteiger partial charge in [0.2, 0.25) is 11.8 Å². The second-order valence-electron chi connectivity index (χ2n) is 4.84. The molecule has 0 N–H and O–H groups in total. The third-order valence-corrected chi connectivity index (χ3v) is 3.60. The van der Waals surface area contributed by atoms with Crippen LogP contribution in [0.1, 0.15) is 18.9 Å². The molecule has 108 valence electrons. The Morgan fingerprint density at radius 1 is 1.15 bits per heavy atom. The van der Waals surface area contributed by atoms with Crippen LogP contribution >= 0.6 is 15.9 Å². The van der Waals surface area contributed by atoms with Crippen molar-refractivity contribution in [3.63, 3.8) is 0 Å². The number of rotatable bonds is 4. The standard InChI is InChI=1S/C14H16BrFN2O2/c1-2-3-17-8-14(20)18(9-13(17)19)7-10-4-11(15)6-12(16)5-10/h4-6H,2-3,7-9H2,1H3. The van der Waals surface area contributed by atoms with E-state index in [9.17, 15) is 14.0 Å². The second-order valence-corrected chi connectivity index (χ2v) is 5.76. The maximum absolute atomic E-state index is 13.3. The van der Waals surface area contributed by atoms with Crippen molar-refractivity contribution < 1.29 is 14.0 Å². The lowest BCUT2D eigenvalue weighted by atomic mass is 10.2. The first kappa shape index (κ1) is 15.0. The minimum atomic E-state index is -0.363. The van der Waals surface area contributed by atoms with Gasteiger partial charge in [0.1, 0.15) is 12.4 Å². The van der Waals surface area contributed by atoms with Crippen LogP contribution in [0.5, 0.6) is 0 Å². The van der Waals surface area contributed by atoms with Crippen molar-refractivity contribution in [2.75, 3.05) is 19.6 Å². The Balaban J connectivity index is 2.07. The summed E-state index contributed by atoms with van der Waals surface area (Å²) in [6.07, 6.45) is 0.829. The molecule has 0 aliphatic carbocycles. The first-order valence-corrected chi connectivity index (χ1v) is 7.29. The predicted octanol–water partition coefficient (Wildman–Crippen LogP) is 2.17. The molecular weight excluding hydrogens is 327 g/mol. The number of amides is 2. The third kappa shape index (κ3) is 3.56. The summed E-state index contributed by atoms with van der Waals surface area (Å²) < 4.78 is 13.9. The molecule has 20 heavy (non-hydrogen) atoms. The van der Waals surface area contributed by atoms with Gasteiger partial charge in [-0.3, -0.25) is 9.59 Å². The third-order valence-electron chi connectivity index (χ3n) is 3.15. The molecule has 0 radical (unpaired) electrons. The summed E-state index contributed by atoms with van der Waals surface area (Å²) in [6, 6.07) is 4.48. The van der Waals surface area contributed by atoms with Gasteiger partial charge < -0.3 is 9.80 Å². The lowest BCUT2D eigenvalue weighted by Crippen LogP contribution is -2.53. The zero-order chi connectivity index (χ0) is 14.7. The van der Waals surface area contributed by atoms with E-state index in [0.29, 0.717) is 16.6 Å². The highest BCUT2D eigenvalue weighted by Crippen LogP contribution is 2.17. The minimum absolute atomic E-state index is 0.0538. The minimum Gasteiger partial charge on any atom is -0.332 e. The van der Waals surface area contributed by atoms with Gasteiger partial charge in [0.05, 0.1) is 6.54 Å². The Labute approximate surface area is 125 Å². The molecule has 1 fully saturated rings. The maximum atomic E-state index is 13.3. The zero-order valence-corrected chi connectivity index (χ0v) is 12.8. The van der Waals surface area contributed by atoms with Gasteiger partial charge in [-0.2, -0.15) is 0 Å². The number of carbonyl (C=O) groups is 2. The molecule has 1 aliphatic rings. The van der Waals surface area contributed by atoms with Gasteiger partial charge in [0.15, 0.2) is 0 Å². The van der Waals surface area contributed by atoms with Crippen molar-refractivity contribution in [1.82, 2.24) is 9.80 Å². The fraction of sp³-hybridized carbons (Fsp3) is 0.429. The fourth-order valence-electron chi connectivity index (χ4n) is 2.24. The van der Waals surface area contributed by atoms with E-state index >= 15 is 0 Å². The van der Waals surface area contributed by atoms with Crippen molar-refractivity contribution in [1.29, 1.82) is 0 Å². The lowest BCUT2D eigenvalue weighted by Gasteiger charge is -2.33. The Morgan fingerprint density at radius 3 is 2.45 bits per heavy atom. The summed E-state index contributed by atoms with van der Waals surface area (Å²) in [5.74, 6) is -0.516. The summed E-state index contributed by atoms with van der Waals surface area (Å²) >= 11 is 3.22. The van der Waals surface area contributed by atoms with Crippen molar-refractivity contribution >= 4 is 27.7 Å². The molecule has 4 nitrogen and oxygen atoms in total. The molecule has 1 aromatic carbocycles. The number of carbonyl (C=O) groups excluding carboxylic acids is 2.